The first-order chi connectivity index (χ1) is 13.2. The lowest BCUT2D eigenvalue weighted by atomic mass is 10.6. The molecule has 0 N–H and O–H groups in total. The first-order valence-corrected chi connectivity index (χ1v) is 8.54. The first kappa shape index (κ1) is 23.2. The van der Waals surface area contributed by atoms with Crippen LogP contribution in [0.15, 0.2) is 0 Å². The van der Waals surface area contributed by atoms with Gasteiger partial charge in [-0.25, -0.2) is 14.4 Å². The average molecular weight is 394 g/mol. The molecule has 1 heterocycles. The van der Waals surface area contributed by atoms with E-state index in [1.54, 1.807) is 0 Å². The van der Waals surface area contributed by atoms with Gasteiger partial charge in [-0.05, 0) is 0 Å². The number of hydrogen-bond acceptors (Lipinski definition) is 11. The van der Waals surface area contributed by atoms with Crippen LogP contribution < -0.4 is 0 Å². The van der Waals surface area contributed by atoms with E-state index in [1.165, 1.54) is 0 Å². The van der Waals surface area contributed by atoms with Gasteiger partial charge in [0.05, 0.1) is 52.9 Å². The second kappa shape index (κ2) is 16.4. The minimum Gasteiger partial charge on any atom is -0.462 e. The van der Waals surface area contributed by atoms with Crippen LogP contribution >= 0.6 is 0 Å². The summed E-state index contributed by atoms with van der Waals surface area (Å²) in [7, 11) is 0. The Morgan fingerprint density at radius 1 is 0.370 bits per heavy atom. The van der Waals surface area contributed by atoms with Crippen molar-refractivity contribution in [2.75, 3.05) is 85.9 Å². The van der Waals surface area contributed by atoms with Gasteiger partial charge in [0.15, 0.2) is 6.61 Å². The van der Waals surface area contributed by atoms with Gasteiger partial charge in [-0.1, -0.05) is 0 Å². The average Bonchev–Trinajstić information content (AvgIpc) is 2.65. The van der Waals surface area contributed by atoms with E-state index in [-0.39, 0.29) is 26.4 Å². The maximum Gasteiger partial charge on any atom is 0.344 e. The van der Waals surface area contributed by atoms with Gasteiger partial charge in [-0.3, -0.25) is 0 Å². The van der Waals surface area contributed by atoms with Crippen LogP contribution in [0.4, 0.5) is 0 Å². The molecule has 0 amide bonds. The highest BCUT2D eigenvalue weighted by molar-refractivity contribution is 5.77. The number of hydrogen-bond donors (Lipinski definition) is 0. The molecule has 0 aromatic heterocycles. The molecule has 1 saturated heterocycles. The maximum absolute atomic E-state index is 11.4. The van der Waals surface area contributed by atoms with E-state index >= 15 is 0 Å². The second-order valence-electron chi connectivity index (χ2n) is 5.04. The zero-order chi connectivity index (χ0) is 19.6. The lowest BCUT2D eigenvalue weighted by Gasteiger charge is -2.09. The number of ether oxygens (including phenoxy) is 8. The highest BCUT2D eigenvalue weighted by Gasteiger charge is 2.10. The van der Waals surface area contributed by atoms with E-state index in [0.717, 1.165) is 0 Å². The third-order valence-electron chi connectivity index (χ3n) is 2.89. The predicted molar refractivity (Wildman–Crippen MR) is 87.0 cm³/mol. The van der Waals surface area contributed by atoms with Crippen LogP contribution in [0.3, 0.4) is 0 Å². The van der Waals surface area contributed by atoms with Crippen LogP contribution in [-0.4, -0.2) is 104 Å². The van der Waals surface area contributed by atoms with Crippen molar-refractivity contribution in [3.63, 3.8) is 0 Å². The second-order valence-corrected chi connectivity index (χ2v) is 5.04. The summed E-state index contributed by atoms with van der Waals surface area (Å²) in [6, 6.07) is 0. The number of cyclic esters (lactones) is 3. The molecule has 0 spiro atoms. The Labute approximate surface area is 157 Å². The minimum atomic E-state index is -0.800. The van der Waals surface area contributed by atoms with Gasteiger partial charge < -0.3 is 37.9 Å². The Bertz CT molecular complexity index is 427. The van der Waals surface area contributed by atoms with E-state index in [4.69, 9.17) is 33.2 Å². The van der Waals surface area contributed by atoms with Gasteiger partial charge in [0, 0.05) is 0 Å². The fourth-order valence-corrected chi connectivity index (χ4v) is 1.67. The summed E-state index contributed by atoms with van der Waals surface area (Å²) in [6.07, 6.45) is 0. The zero-order valence-corrected chi connectivity index (χ0v) is 15.2. The van der Waals surface area contributed by atoms with Gasteiger partial charge in [0.25, 0.3) is 0 Å². The summed E-state index contributed by atoms with van der Waals surface area (Å²) in [5, 5.41) is 0. The molecule has 0 saturated carbocycles. The fourth-order valence-electron chi connectivity index (χ4n) is 1.67. The Kier molecular flexibility index (Phi) is 14.1. The Balaban J connectivity index is 2.24. The van der Waals surface area contributed by atoms with Crippen molar-refractivity contribution < 1.29 is 52.3 Å². The zero-order valence-electron chi connectivity index (χ0n) is 15.2. The van der Waals surface area contributed by atoms with Crippen molar-refractivity contribution in [2.45, 2.75) is 0 Å². The molecule has 11 nitrogen and oxygen atoms in total. The van der Waals surface area contributed by atoms with Gasteiger partial charge in [0.2, 0.25) is 0 Å². The van der Waals surface area contributed by atoms with Crippen molar-refractivity contribution in [1.82, 2.24) is 0 Å². The van der Waals surface area contributed by atoms with Gasteiger partial charge in [0.1, 0.15) is 26.4 Å². The number of esters is 3. The quantitative estimate of drug-likeness (QED) is 0.360. The summed E-state index contributed by atoms with van der Waals surface area (Å²) >= 11 is 0. The molecule has 0 bridgehead atoms. The molecule has 156 valence electrons. The highest BCUT2D eigenvalue weighted by Crippen LogP contribution is 1.89. The van der Waals surface area contributed by atoms with Crippen LogP contribution in [0.5, 0.6) is 0 Å². The first-order valence-electron chi connectivity index (χ1n) is 8.54. The Morgan fingerprint density at radius 2 is 0.704 bits per heavy atom. The molecule has 0 atom stereocenters. The van der Waals surface area contributed by atoms with E-state index in [9.17, 15) is 14.4 Å². The molecule has 0 unspecified atom stereocenters. The molecular weight excluding hydrogens is 368 g/mol. The summed E-state index contributed by atoms with van der Waals surface area (Å²) in [6.45, 7) is 1.38. The monoisotopic (exact) mass is 394 g/mol. The largest absolute Gasteiger partial charge is 0.462 e. The standard InChI is InChI=1S/C16H26O11/c17-14-11-24-12-15(18)27-13-16(19)26-10-8-23-6-4-21-2-1-20-3-5-22-7-9-25-14/h1-13H2. The molecule has 0 radical (unpaired) electrons. The van der Waals surface area contributed by atoms with Crippen molar-refractivity contribution in [3.05, 3.63) is 0 Å². The highest BCUT2D eigenvalue weighted by atomic mass is 16.6. The molecule has 1 aliphatic heterocycles. The normalized spacial score (nSPS) is 22.0. The van der Waals surface area contributed by atoms with Crippen molar-refractivity contribution in [1.29, 1.82) is 0 Å². The summed E-state index contributed by atoms with van der Waals surface area (Å²) in [5.74, 6) is -2.16. The number of carbonyl (C=O) groups excluding carboxylic acids is 3. The molecule has 11 heteroatoms. The summed E-state index contributed by atoms with van der Waals surface area (Å²) in [5.41, 5.74) is 0. The van der Waals surface area contributed by atoms with Crippen LogP contribution in [0.2, 0.25) is 0 Å². The lowest BCUT2D eigenvalue weighted by molar-refractivity contribution is -0.164. The van der Waals surface area contributed by atoms with Crippen molar-refractivity contribution >= 4 is 17.9 Å². The molecule has 1 fully saturated rings. The van der Waals surface area contributed by atoms with E-state index in [0.29, 0.717) is 39.6 Å². The maximum atomic E-state index is 11.4. The topological polar surface area (TPSA) is 125 Å². The molecule has 0 aromatic rings. The molecule has 1 rings (SSSR count). The summed E-state index contributed by atoms with van der Waals surface area (Å²) in [4.78, 5) is 34.1. The Hall–Kier alpha value is -1.79. The van der Waals surface area contributed by atoms with Gasteiger partial charge in [-0.15, -0.1) is 0 Å². The Morgan fingerprint density at radius 3 is 1.15 bits per heavy atom. The SMILES string of the molecule is O=C1COCC(=O)OCC(=O)OCCOCCOCCOCCOCCO1. The van der Waals surface area contributed by atoms with E-state index < -0.39 is 37.7 Å². The van der Waals surface area contributed by atoms with Crippen LogP contribution in [0, 0.1) is 0 Å². The fraction of sp³-hybridized carbons (Fsp3) is 0.812. The van der Waals surface area contributed by atoms with Crippen molar-refractivity contribution in [3.8, 4) is 0 Å². The lowest BCUT2D eigenvalue weighted by Crippen LogP contribution is -2.23. The van der Waals surface area contributed by atoms with Crippen LogP contribution in [0.1, 0.15) is 0 Å². The van der Waals surface area contributed by atoms with Crippen molar-refractivity contribution in [2.24, 2.45) is 0 Å². The van der Waals surface area contributed by atoms with Gasteiger partial charge >= 0.3 is 17.9 Å². The van der Waals surface area contributed by atoms with E-state index in [2.05, 4.69) is 4.74 Å². The predicted octanol–water partition coefficient (Wildman–Crippen LogP) is -1.29. The van der Waals surface area contributed by atoms with Crippen LogP contribution in [0.25, 0.3) is 0 Å². The summed E-state index contributed by atoms with van der Waals surface area (Å²) < 4.78 is 40.2. The molecule has 0 aromatic carbocycles. The van der Waals surface area contributed by atoms with Gasteiger partial charge in [-0.2, -0.15) is 0 Å². The third-order valence-corrected chi connectivity index (χ3v) is 2.89. The van der Waals surface area contributed by atoms with Crippen LogP contribution in [-0.2, 0) is 52.3 Å². The van der Waals surface area contributed by atoms with E-state index in [1.807, 2.05) is 0 Å². The molecular formula is C16H26O11. The minimum absolute atomic E-state index is 0.0296. The molecule has 27 heavy (non-hydrogen) atoms. The smallest absolute Gasteiger partial charge is 0.344 e. The number of rotatable bonds is 0. The third kappa shape index (κ3) is 15.0. The number of carbonyl (C=O) groups is 3. The molecule has 0 aliphatic carbocycles. The molecule has 1 aliphatic rings.